The molecule has 21 saturated heterocycles. The van der Waals surface area contributed by atoms with Gasteiger partial charge in [-0.2, -0.15) is 0 Å². The van der Waals surface area contributed by atoms with Crippen LogP contribution in [0.5, 0.6) is 0 Å². The molecule has 21 aliphatic rings. The highest BCUT2D eigenvalue weighted by atomic mass is 16.8. The summed E-state index contributed by atoms with van der Waals surface area (Å²) in [5, 5.41) is 233. The fourth-order valence-electron chi connectivity index (χ4n) is 12.1. The van der Waals surface area contributed by atoms with Crippen LogP contribution in [-0.4, -0.2) is 372 Å². The van der Waals surface area contributed by atoms with Gasteiger partial charge in [-0.05, 0) is 18.6 Å². The number of hydrogen-bond acceptors (Lipinski definition) is 36. The number of nitrogens with zero attached hydrogens (tertiary/aromatic N) is 3. The maximum atomic E-state index is 11.9. The van der Waals surface area contributed by atoms with E-state index >= 15 is 0 Å². The van der Waals surface area contributed by atoms with Crippen molar-refractivity contribution in [1.82, 2.24) is 15.0 Å². The molecule has 37 heteroatoms. The van der Waals surface area contributed by atoms with Crippen molar-refractivity contribution in [2.45, 2.75) is 228 Å². The highest BCUT2D eigenvalue weighted by Gasteiger charge is 2.59. The summed E-state index contributed by atoms with van der Waals surface area (Å²) in [7, 11) is 0. The molecule has 90 heavy (non-hydrogen) atoms. The van der Waals surface area contributed by atoms with Crippen molar-refractivity contribution in [3.63, 3.8) is 0 Å². The van der Waals surface area contributed by atoms with Crippen molar-refractivity contribution in [3.05, 3.63) is 36.0 Å². The molecule has 0 saturated carbocycles. The van der Waals surface area contributed by atoms with Gasteiger partial charge in [0, 0.05) is 17.7 Å². The molecule has 21 fully saturated rings. The number of aliphatic hydroxyl groups excluding tert-OH is 20. The Morgan fingerprint density at radius 2 is 0.611 bits per heavy atom. The van der Waals surface area contributed by atoms with Crippen LogP contribution >= 0.6 is 0 Å². The van der Waals surface area contributed by atoms with Gasteiger partial charge >= 0.3 is 0 Å². The zero-order valence-electron chi connectivity index (χ0n) is 47.3. The van der Waals surface area contributed by atoms with Crippen LogP contribution in [0.3, 0.4) is 0 Å². The minimum Gasteiger partial charge on any atom is -0.394 e. The van der Waals surface area contributed by atoms with E-state index < -0.39 is 255 Å². The van der Waals surface area contributed by atoms with Crippen LogP contribution in [0, 0.1) is 12.3 Å². The average Bonchev–Trinajstić information content (AvgIpc) is 1.22. The van der Waals surface area contributed by atoms with Gasteiger partial charge in [-0.1, -0.05) is 23.3 Å². The van der Waals surface area contributed by atoms with Crippen molar-refractivity contribution in [2.75, 3.05) is 39.6 Å². The van der Waals surface area contributed by atoms with E-state index in [0.29, 0.717) is 16.8 Å². The highest BCUT2D eigenvalue weighted by Crippen LogP contribution is 2.39. The smallest absolute Gasteiger partial charge is 0.187 e. The molecule has 2 aromatic rings. The van der Waals surface area contributed by atoms with Crippen LogP contribution in [0.15, 0.2) is 30.5 Å². The first-order valence-corrected chi connectivity index (χ1v) is 28.9. The highest BCUT2D eigenvalue weighted by molar-refractivity contribution is 5.60. The van der Waals surface area contributed by atoms with Gasteiger partial charge in [-0.15, -0.1) is 11.5 Å². The third kappa shape index (κ3) is 13.8. The van der Waals surface area contributed by atoms with Crippen LogP contribution in [0.2, 0.25) is 0 Å². The maximum absolute atomic E-state index is 11.9. The van der Waals surface area contributed by atoms with Gasteiger partial charge in [-0.25, -0.2) is 0 Å². The molecule has 1 aromatic carbocycles. The summed E-state index contributed by atoms with van der Waals surface area (Å²) in [5.41, 5.74) is 1.50. The number of rotatable bonds is 10. The lowest BCUT2D eigenvalue weighted by atomic mass is 9.94. The summed E-state index contributed by atoms with van der Waals surface area (Å²) in [6, 6.07) is 6.80. The number of aliphatic hydroxyl groups is 20. The van der Waals surface area contributed by atoms with Crippen LogP contribution in [0.1, 0.15) is 12.0 Å². The Morgan fingerprint density at radius 3 is 0.867 bits per heavy atom. The molecular formula is C53H77N3O34. The van der Waals surface area contributed by atoms with Gasteiger partial charge in [0.1, 0.15) is 171 Å². The topological polar surface area (TPSA) is 565 Å². The molecule has 35 atom stereocenters. The standard InChI is InChI=1S/C53H77N3O34/c1-2-16-4-3-5-17(8-16)18-9-56(55-54-18)7-6-19-40-26(63)33(70)47(77-19)85-41-20(10-57)79-49(35(72)28(41)65)87-43-22(12-59)81-51(37(74)30(43)67)89-45-24(14-61)83-53(39(76)32(45)69)90-46-25(15-62)82-52(38(75)31(46)68)88-44-23(13-60)80-50(36(73)29(44)66)86-42-21(11-58)78-48(84-40)34(71)27(42)64/h1,3-5,8-9,19-53,57-76H,6-7,10-15H2/t19-,20-,21-,22-,23-,24-,25-,26-,27-,28-,29-,30-,31-,32-,33-,34-,35-,36-,37-,38-,39-,40-,41-,42-,43-,44-,45-,46-,47-,48-,49-,50-,51-,52-,53-/m1/s1. The molecule has 23 rings (SSSR count). The molecule has 0 radical (unpaired) electrons. The minimum atomic E-state index is -2.22. The van der Waals surface area contributed by atoms with E-state index in [1.807, 2.05) is 0 Å². The van der Waals surface area contributed by atoms with Crippen LogP contribution in [-0.2, 0) is 72.9 Å². The molecule has 0 spiro atoms. The summed E-state index contributed by atoms with van der Waals surface area (Å²) in [6.45, 7) is -6.43. The first-order valence-electron chi connectivity index (χ1n) is 28.9. The third-order valence-electron chi connectivity index (χ3n) is 17.1. The fourth-order valence-corrected chi connectivity index (χ4v) is 12.1. The van der Waals surface area contributed by atoms with Gasteiger partial charge in [0.25, 0.3) is 0 Å². The van der Waals surface area contributed by atoms with Crippen molar-refractivity contribution >= 4 is 0 Å². The van der Waals surface area contributed by atoms with Gasteiger partial charge < -0.3 is 168 Å². The quantitative estimate of drug-likeness (QED) is 0.0982. The van der Waals surface area contributed by atoms with E-state index in [0.717, 1.165) is 0 Å². The summed E-state index contributed by atoms with van der Waals surface area (Å²) in [4.78, 5) is 0. The monoisotopic (exact) mass is 1300 g/mol. The van der Waals surface area contributed by atoms with Crippen LogP contribution < -0.4 is 0 Å². The lowest BCUT2D eigenvalue weighted by molar-refractivity contribution is -0.396. The summed E-state index contributed by atoms with van der Waals surface area (Å²) in [6.07, 6.45) is -63.3. The van der Waals surface area contributed by atoms with E-state index in [2.05, 4.69) is 16.2 Å². The maximum Gasteiger partial charge on any atom is 0.187 e. The Balaban J connectivity index is 0.948. The summed E-state index contributed by atoms with van der Waals surface area (Å²) < 4.78 is 83.1. The molecule has 20 N–H and O–H groups in total. The number of terminal acetylenes is 1. The van der Waals surface area contributed by atoms with E-state index in [1.165, 1.54) is 10.9 Å². The Kier molecular flexibility index (Phi) is 22.9. The average molecular weight is 1300 g/mol. The number of aryl methyl sites for hydroxylation is 1. The molecule has 0 unspecified atom stereocenters. The minimum absolute atomic E-state index is 0.123. The molecular weight excluding hydrogens is 1220 g/mol. The van der Waals surface area contributed by atoms with Gasteiger partial charge in [0.2, 0.25) is 0 Å². The normalized spacial score (nSPS) is 48.9. The van der Waals surface area contributed by atoms with Gasteiger partial charge in [0.05, 0.1) is 51.9 Å². The van der Waals surface area contributed by atoms with E-state index in [9.17, 15) is 102 Å². The predicted octanol–water partition coefficient (Wildman–Crippen LogP) is -12.9. The molecule has 37 nitrogen and oxygen atoms in total. The second-order valence-corrected chi connectivity index (χ2v) is 22.8. The Morgan fingerprint density at radius 1 is 0.356 bits per heavy atom. The SMILES string of the molecule is C#Cc1cccc(-c2cn(CC[C@H]3O[C@@H]4O[C@H]5[C@H](O)[C@@H](O)[C@@H](O[C@H]6[C@H](O)[C@@H](O)[C@@H](O[C@H]7[C@H](O)[C@@H](O)[C@@H](O[C@H]8[C@H](O)[C@@H](O)[C@@H](O[C@H]9[C@H](O)[C@@H](O)[C@@H](O[C@H]%10[C@H](O)[C@@H](O)[C@@H](O[C@H]3[C@H](O)[C@H]4O)O[C@@H]%10CO)O[C@@H]9CO)O[C@@H]8CO)O[C@@H]7CO)O[C@@H]6CO)O[C@@H]5CO)nn2)c1. The van der Waals surface area contributed by atoms with Crippen molar-refractivity contribution in [2.24, 2.45) is 0 Å². The Bertz CT molecular complexity index is 2630. The lowest BCUT2D eigenvalue weighted by Crippen LogP contribution is -2.68. The number of aromatic nitrogens is 3. The number of benzene rings is 1. The fraction of sp³-hybridized carbons (Fsp3) is 0.811. The third-order valence-corrected chi connectivity index (χ3v) is 17.1. The van der Waals surface area contributed by atoms with Crippen molar-refractivity contribution in [1.29, 1.82) is 0 Å². The molecule has 22 heterocycles. The van der Waals surface area contributed by atoms with Gasteiger partial charge in [-0.3, -0.25) is 4.68 Å². The van der Waals surface area contributed by atoms with E-state index in [-0.39, 0.29) is 13.0 Å². The summed E-state index contributed by atoms with van der Waals surface area (Å²) in [5.74, 6) is 2.52. The Labute approximate surface area is 509 Å². The Hall–Kier alpha value is -3.44. The molecule has 0 amide bonds. The molecule has 14 bridgehead atoms. The molecule has 508 valence electrons. The first kappa shape index (κ1) is 69.4. The number of ether oxygens (including phenoxy) is 14. The van der Waals surface area contributed by atoms with Crippen molar-refractivity contribution in [3.8, 4) is 23.6 Å². The number of hydrogen-bond donors (Lipinski definition) is 20. The second-order valence-electron chi connectivity index (χ2n) is 22.8. The zero-order valence-corrected chi connectivity index (χ0v) is 47.3. The molecule has 0 aliphatic carbocycles. The van der Waals surface area contributed by atoms with Crippen LogP contribution in [0.25, 0.3) is 11.3 Å². The summed E-state index contributed by atoms with van der Waals surface area (Å²) >= 11 is 0. The second kappa shape index (κ2) is 29.7. The molecule has 21 aliphatic heterocycles. The largest absolute Gasteiger partial charge is 0.394 e. The van der Waals surface area contributed by atoms with Crippen LogP contribution in [0.4, 0.5) is 0 Å². The first-order chi connectivity index (χ1) is 43.1. The molecule has 1 aromatic heterocycles. The van der Waals surface area contributed by atoms with Crippen molar-refractivity contribution < 1.29 is 168 Å². The van der Waals surface area contributed by atoms with E-state index in [4.69, 9.17) is 72.7 Å². The van der Waals surface area contributed by atoms with Gasteiger partial charge in [0.15, 0.2) is 44.0 Å². The lowest BCUT2D eigenvalue weighted by Gasteiger charge is -2.50. The zero-order chi connectivity index (χ0) is 64.7. The predicted molar refractivity (Wildman–Crippen MR) is 279 cm³/mol. The van der Waals surface area contributed by atoms with E-state index in [1.54, 1.807) is 24.3 Å².